The van der Waals surface area contributed by atoms with Crippen LogP contribution in [-0.2, 0) is 6.42 Å². The van der Waals surface area contributed by atoms with Gasteiger partial charge in [-0.05, 0) is 25.0 Å². The van der Waals surface area contributed by atoms with Crippen LogP contribution in [0.15, 0.2) is 30.5 Å². The van der Waals surface area contributed by atoms with E-state index >= 15 is 0 Å². The van der Waals surface area contributed by atoms with Gasteiger partial charge < -0.3 is 15.4 Å². The van der Waals surface area contributed by atoms with Gasteiger partial charge in [-0.2, -0.15) is 0 Å². The van der Waals surface area contributed by atoms with E-state index in [1.165, 1.54) is 0 Å². The summed E-state index contributed by atoms with van der Waals surface area (Å²) in [5.74, 6) is 0.0915. The van der Waals surface area contributed by atoms with Crippen LogP contribution in [0.3, 0.4) is 0 Å². The fraction of sp³-hybridized carbons (Fsp3) is 0.286. The summed E-state index contributed by atoms with van der Waals surface area (Å²) >= 11 is 0. The molecule has 5 nitrogen and oxygen atoms in total. The van der Waals surface area contributed by atoms with Crippen LogP contribution in [0.2, 0.25) is 0 Å². The highest BCUT2D eigenvalue weighted by molar-refractivity contribution is 5.88. The van der Waals surface area contributed by atoms with Gasteiger partial charge in [-0.15, -0.1) is 0 Å². The number of benzene rings is 1. The second-order valence-corrected chi connectivity index (χ2v) is 4.79. The molecule has 19 heavy (non-hydrogen) atoms. The van der Waals surface area contributed by atoms with Crippen molar-refractivity contribution in [1.29, 1.82) is 0 Å². The van der Waals surface area contributed by atoms with Crippen LogP contribution in [0, 0.1) is 0 Å². The van der Waals surface area contributed by atoms with Crippen molar-refractivity contribution in [3.63, 3.8) is 0 Å². The number of imidazole rings is 1. The average molecular weight is 257 g/mol. The minimum Gasteiger partial charge on any atom is -0.478 e. The molecule has 0 saturated heterocycles. The van der Waals surface area contributed by atoms with Crippen LogP contribution in [0.4, 0.5) is 0 Å². The zero-order valence-corrected chi connectivity index (χ0v) is 10.4. The summed E-state index contributed by atoms with van der Waals surface area (Å²) in [7, 11) is 0. The van der Waals surface area contributed by atoms with Gasteiger partial charge in [-0.25, -0.2) is 9.78 Å². The summed E-state index contributed by atoms with van der Waals surface area (Å²) in [6.45, 7) is 0. The Morgan fingerprint density at radius 1 is 1.37 bits per heavy atom. The number of aromatic carboxylic acids is 1. The van der Waals surface area contributed by atoms with Gasteiger partial charge >= 0.3 is 5.97 Å². The number of carbonyl (C=O) groups is 1. The molecule has 1 atom stereocenters. The van der Waals surface area contributed by atoms with Gasteiger partial charge in [0, 0.05) is 18.2 Å². The fourth-order valence-electron chi connectivity index (χ4n) is 2.44. The van der Waals surface area contributed by atoms with Crippen LogP contribution >= 0.6 is 0 Å². The molecule has 3 N–H and O–H groups in total. The Morgan fingerprint density at radius 3 is 2.74 bits per heavy atom. The number of hydrogen-bond acceptors (Lipinski definition) is 3. The highest BCUT2D eigenvalue weighted by Gasteiger charge is 2.18. The normalized spacial score (nSPS) is 18.1. The van der Waals surface area contributed by atoms with Crippen molar-refractivity contribution in [2.45, 2.75) is 25.4 Å². The van der Waals surface area contributed by atoms with Crippen molar-refractivity contribution in [3.05, 3.63) is 41.9 Å². The molecule has 0 aliphatic carbocycles. The van der Waals surface area contributed by atoms with Gasteiger partial charge in [0.15, 0.2) is 0 Å². The number of rotatable bonds is 2. The molecule has 1 aromatic heterocycles. The van der Waals surface area contributed by atoms with E-state index in [0.717, 1.165) is 36.3 Å². The van der Waals surface area contributed by atoms with E-state index in [2.05, 4.69) is 4.98 Å². The van der Waals surface area contributed by atoms with Gasteiger partial charge in [-0.1, -0.05) is 12.1 Å². The number of aryl methyl sites for hydroxylation is 1. The molecule has 1 aromatic carbocycles. The quantitative estimate of drug-likeness (QED) is 0.862. The molecule has 1 unspecified atom stereocenters. The van der Waals surface area contributed by atoms with Crippen molar-refractivity contribution < 1.29 is 9.90 Å². The first-order valence-corrected chi connectivity index (χ1v) is 6.32. The zero-order valence-electron chi connectivity index (χ0n) is 10.4. The van der Waals surface area contributed by atoms with Crippen molar-refractivity contribution in [2.75, 3.05) is 0 Å². The van der Waals surface area contributed by atoms with Crippen LogP contribution in [0.5, 0.6) is 0 Å². The lowest BCUT2D eigenvalue weighted by atomic mass is 10.1. The molecule has 1 aliphatic rings. The number of nitrogens with two attached hydrogens (primary N) is 1. The minimum absolute atomic E-state index is 0.00305. The van der Waals surface area contributed by atoms with E-state index in [-0.39, 0.29) is 11.7 Å². The molecule has 0 bridgehead atoms. The van der Waals surface area contributed by atoms with Crippen molar-refractivity contribution in [2.24, 2.45) is 5.73 Å². The van der Waals surface area contributed by atoms with E-state index in [4.69, 9.17) is 10.8 Å². The second-order valence-electron chi connectivity index (χ2n) is 4.79. The molecule has 1 aliphatic heterocycles. The standard InChI is InChI=1S/C14H15N3O2/c15-12-2-1-3-13-16-11(8-17(12)13)9-4-6-10(7-5-9)14(18)19/h4-8,12H,1-3,15H2,(H,18,19). The molecule has 0 fully saturated rings. The van der Waals surface area contributed by atoms with Crippen LogP contribution in [0.1, 0.15) is 35.2 Å². The summed E-state index contributed by atoms with van der Waals surface area (Å²) in [5, 5.41) is 8.88. The van der Waals surface area contributed by atoms with Crippen molar-refractivity contribution in [1.82, 2.24) is 9.55 Å². The molecule has 98 valence electrons. The van der Waals surface area contributed by atoms with Gasteiger partial charge in [0.25, 0.3) is 0 Å². The smallest absolute Gasteiger partial charge is 0.335 e. The maximum Gasteiger partial charge on any atom is 0.335 e. The van der Waals surface area contributed by atoms with E-state index in [1.807, 2.05) is 10.8 Å². The molecule has 3 rings (SSSR count). The largest absolute Gasteiger partial charge is 0.478 e. The summed E-state index contributed by atoms with van der Waals surface area (Å²) < 4.78 is 2.02. The molecule has 0 radical (unpaired) electrons. The van der Waals surface area contributed by atoms with Crippen molar-refractivity contribution >= 4 is 5.97 Å². The molecule has 0 amide bonds. The first-order chi connectivity index (χ1) is 9.15. The van der Waals surface area contributed by atoms with Crippen LogP contribution in [-0.4, -0.2) is 20.6 Å². The number of carboxylic acids is 1. The number of carboxylic acid groups (broad SMARTS) is 1. The predicted octanol–water partition coefficient (Wildman–Crippen LogP) is 2.04. The van der Waals surface area contributed by atoms with Crippen molar-refractivity contribution in [3.8, 4) is 11.3 Å². The maximum absolute atomic E-state index is 10.8. The Morgan fingerprint density at radius 2 is 2.11 bits per heavy atom. The summed E-state index contributed by atoms with van der Waals surface area (Å²) in [5.41, 5.74) is 8.10. The zero-order chi connectivity index (χ0) is 13.4. The lowest BCUT2D eigenvalue weighted by molar-refractivity contribution is 0.0697. The number of nitrogens with zero attached hydrogens (tertiary/aromatic N) is 2. The van der Waals surface area contributed by atoms with Crippen LogP contribution in [0.25, 0.3) is 11.3 Å². The van der Waals surface area contributed by atoms with E-state index < -0.39 is 5.97 Å². The topological polar surface area (TPSA) is 81.1 Å². The molecular weight excluding hydrogens is 242 g/mol. The molecule has 0 saturated carbocycles. The fourth-order valence-corrected chi connectivity index (χ4v) is 2.44. The van der Waals surface area contributed by atoms with E-state index in [0.29, 0.717) is 0 Å². The Bertz CT molecular complexity index is 616. The average Bonchev–Trinajstić information content (AvgIpc) is 2.84. The molecule has 2 aromatic rings. The molecular formula is C14H15N3O2. The third-order valence-electron chi connectivity index (χ3n) is 3.49. The Hall–Kier alpha value is -2.14. The Labute approximate surface area is 110 Å². The highest BCUT2D eigenvalue weighted by Crippen LogP contribution is 2.26. The minimum atomic E-state index is -0.919. The number of aromatic nitrogens is 2. The van der Waals surface area contributed by atoms with E-state index in [9.17, 15) is 4.79 Å². The maximum atomic E-state index is 10.8. The van der Waals surface area contributed by atoms with Gasteiger partial charge in [-0.3, -0.25) is 0 Å². The van der Waals surface area contributed by atoms with Gasteiger partial charge in [0.2, 0.25) is 0 Å². The first kappa shape index (κ1) is 11.9. The number of fused-ring (bicyclic) bond motifs is 1. The molecule has 0 spiro atoms. The number of hydrogen-bond donors (Lipinski definition) is 2. The highest BCUT2D eigenvalue weighted by atomic mass is 16.4. The van der Waals surface area contributed by atoms with Gasteiger partial charge in [0.1, 0.15) is 5.82 Å². The second kappa shape index (κ2) is 4.51. The summed E-state index contributed by atoms with van der Waals surface area (Å²) in [6, 6.07) is 6.75. The van der Waals surface area contributed by atoms with Gasteiger partial charge in [0.05, 0.1) is 17.4 Å². The SMILES string of the molecule is NC1CCCc2nc(-c3ccc(C(=O)O)cc3)cn21. The summed E-state index contributed by atoms with van der Waals surface area (Å²) in [4.78, 5) is 15.4. The molecule has 2 heterocycles. The monoisotopic (exact) mass is 257 g/mol. The Balaban J connectivity index is 1.96. The lowest BCUT2D eigenvalue weighted by Crippen LogP contribution is -2.24. The summed E-state index contributed by atoms with van der Waals surface area (Å²) in [6.07, 6.45) is 4.94. The van der Waals surface area contributed by atoms with E-state index in [1.54, 1.807) is 24.3 Å². The molecule has 5 heteroatoms. The third kappa shape index (κ3) is 2.13. The predicted molar refractivity (Wildman–Crippen MR) is 70.8 cm³/mol. The third-order valence-corrected chi connectivity index (χ3v) is 3.49. The Kier molecular flexibility index (Phi) is 2.83. The lowest BCUT2D eigenvalue weighted by Gasteiger charge is -2.20. The first-order valence-electron chi connectivity index (χ1n) is 6.32. The van der Waals surface area contributed by atoms with Crippen LogP contribution < -0.4 is 5.73 Å².